The molecule has 1 fully saturated rings. The van der Waals surface area contributed by atoms with Gasteiger partial charge in [-0.15, -0.1) is 0 Å². The fraction of sp³-hybridized carbons (Fsp3) is 0.308. The molecule has 0 aromatic heterocycles. The predicted molar refractivity (Wildman–Crippen MR) is 142 cm³/mol. The molecular weight excluding hydrogens is 496 g/mol. The van der Waals surface area contributed by atoms with Crippen LogP contribution < -0.4 is 19.7 Å². The molecule has 196 valence electrons. The molecule has 0 aliphatic carbocycles. The van der Waals surface area contributed by atoms with E-state index < -0.39 is 14.9 Å². The van der Waals surface area contributed by atoms with Crippen LogP contribution in [0.2, 0.25) is 0 Å². The third kappa shape index (κ3) is 5.95. The highest BCUT2D eigenvalue weighted by molar-refractivity contribution is 7.89. The Morgan fingerprint density at radius 1 is 0.919 bits per heavy atom. The smallest absolute Gasteiger partial charge is 0.292 e. The summed E-state index contributed by atoms with van der Waals surface area (Å²) in [6.45, 7) is 2.02. The van der Waals surface area contributed by atoms with E-state index in [0.717, 1.165) is 17.7 Å². The van der Waals surface area contributed by atoms with Crippen LogP contribution in [-0.2, 0) is 16.4 Å². The third-order valence-corrected chi connectivity index (χ3v) is 8.24. The molecule has 0 saturated carbocycles. The van der Waals surface area contributed by atoms with Gasteiger partial charge in [0.05, 0.1) is 24.0 Å². The van der Waals surface area contributed by atoms with Crippen LogP contribution in [0, 0.1) is 10.1 Å². The van der Waals surface area contributed by atoms with Gasteiger partial charge in [-0.1, -0.05) is 30.3 Å². The van der Waals surface area contributed by atoms with Crippen molar-refractivity contribution < 1.29 is 22.8 Å². The van der Waals surface area contributed by atoms with Crippen molar-refractivity contribution in [2.45, 2.75) is 11.3 Å². The Kier molecular flexibility index (Phi) is 8.14. The van der Waals surface area contributed by atoms with Crippen molar-refractivity contribution in [3.63, 3.8) is 0 Å². The molecule has 1 aliphatic rings. The molecular formula is C26H30N4O6S. The minimum atomic E-state index is -3.72. The number of rotatable bonds is 10. The second-order valence-electron chi connectivity index (χ2n) is 8.53. The fourth-order valence-corrected chi connectivity index (χ4v) is 5.76. The first-order valence-corrected chi connectivity index (χ1v) is 13.3. The molecule has 1 heterocycles. The first-order valence-electron chi connectivity index (χ1n) is 11.9. The summed E-state index contributed by atoms with van der Waals surface area (Å²) < 4.78 is 38.4. The highest BCUT2D eigenvalue weighted by atomic mass is 32.2. The number of nitro benzene ring substituents is 1. The number of piperazine rings is 1. The number of anilines is 2. The maximum absolute atomic E-state index is 13.2. The molecule has 0 bridgehead atoms. The Bertz CT molecular complexity index is 1340. The van der Waals surface area contributed by atoms with Crippen molar-refractivity contribution in [1.29, 1.82) is 0 Å². The average molecular weight is 527 g/mol. The lowest BCUT2D eigenvalue weighted by molar-refractivity contribution is -0.383. The summed E-state index contributed by atoms with van der Waals surface area (Å²) in [7, 11) is -0.766. The first kappa shape index (κ1) is 26.2. The zero-order valence-electron chi connectivity index (χ0n) is 20.8. The number of sulfonamides is 1. The number of hydrogen-bond acceptors (Lipinski definition) is 8. The highest BCUT2D eigenvalue weighted by Gasteiger charge is 2.30. The Balaban J connectivity index is 1.44. The molecule has 0 spiro atoms. The Hall–Kier alpha value is -3.83. The van der Waals surface area contributed by atoms with Gasteiger partial charge in [-0.2, -0.15) is 4.31 Å². The Labute approximate surface area is 216 Å². The summed E-state index contributed by atoms with van der Waals surface area (Å²) in [5.74, 6) is 0.804. The van der Waals surface area contributed by atoms with Gasteiger partial charge in [0, 0.05) is 50.5 Å². The highest BCUT2D eigenvalue weighted by Crippen LogP contribution is 2.33. The van der Waals surface area contributed by atoms with E-state index in [1.54, 1.807) is 18.2 Å². The van der Waals surface area contributed by atoms with Gasteiger partial charge in [-0.3, -0.25) is 10.1 Å². The molecule has 3 aromatic carbocycles. The zero-order chi connectivity index (χ0) is 26.4. The van der Waals surface area contributed by atoms with Crippen LogP contribution in [0.4, 0.5) is 17.1 Å². The van der Waals surface area contributed by atoms with Crippen molar-refractivity contribution in [3.8, 4) is 11.5 Å². The number of methoxy groups -OCH3 is 2. The van der Waals surface area contributed by atoms with Gasteiger partial charge in [-0.25, -0.2) is 8.42 Å². The third-order valence-electron chi connectivity index (χ3n) is 6.35. The van der Waals surface area contributed by atoms with Gasteiger partial charge in [0.25, 0.3) is 5.69 Å². The molecule has 3 aromatic rings. The molecule has 4 rings (SSSR count). The van der Waals surface area contributed by atoms with Crippen molar-refractivity contribution in [1.82, 2.24) is 4.31 Å². The van der Waals surface area contributed by atoms with Crippen LogP contribution in [-0.4, -0.2) is 64.6 Å². The molecule has 0 radical (unpaired) electrons. The van der Waals surface area contributed by atoms with Crippen LogP contribution in [0.25, 0.3) is 0 Å². The summed E-state index contributed by atoms with van der Waals surface area (Å²) in [4.78, 5) is 13.4. The van der Waals surface area contributed by atoms with Crippen LogP contribution in [0.1, 0.15) is 5.56 Å². The standard InChI is InChI=1S/C26H30N4O6S/c1-35-25-11-9-22(19-26(25)36-2)37(33,34)29-16-14-28(15-17-29)21-8-10-24(30(31)32)23(18-21)27-13-12-20-6-4-3-5-7-20/h3-11,18-19,27H,12-17H2,1-2H3. The van der Waals surface area contributed by atoms with Crippen molar-refractivity contribution >= 4 is 27.1 Å². The molecule has 0 unspecified atom stereocenters. The van der Waals surface area contributed by atoms with Crippen LogP contribution >= 0.6 is 0 Å². The van der Waals surface area contributed by atoms with E-state index >= 15 is 0 Å². The van der Waals surface area contributed by atoms with Gasteiger partial charge < -0.3 is 19.7 Å². The number of nitrogens with zero attached hydrogens (tertiary/aromatic N) is 3. The lowest BCUT2D eigenvalue weighted by Crippen LogP contribution is -2.48. The van der Waals surface area contributed by atoms with E-state index in [9.17, 15) is 18.5 Å². The van der Waals surface area contributed by atoms with Crippen LogP contribution in [0.5, 0.6) is 11.5 Å². The quantitative estimate of drug-likeness (QED) is 0.314. The monoisotopic (exact) mass is 526 g/mol. The van der Waals surface area contributed by atoms with Crippen LogP contribution in [0.15, 0.2) is 71.6 Å². The summed E-state index contributed by atoms with van der Waals surface area (Å²) in [6.07, 6.45) is 0.731. The molecule has 11 heteroatoms. The van der Waals surface area contributed by atoms with E-state index in [0.29, 0.717) is 36.8 Å². The summed E-state index contributed by atoms with van der Waals surface area (Å²) >= 11 is 0. The van der Waals surface area contributed by atoms with Crippen molar-refractivity contribution in [2.75, 3.05) is 57.2 Å². The van der Waals surface area contributed by atoms with E-state index in [-0.39, 0.29) is 23.7 Å². The number of hydrogen-bond donors (Lipinski definition) is 1. The average Bonchev–Trinajstić information content (AvgIpc) is 2.93. The SMILES string of the molecule is COc1ccc(S(=O)(=O)N2CCN(c3ccc([N+](=O)[O-])c(NCCc4ccccc4)c3)CC2)cc1OC. The van der Waals surface area contributed by atoms with E-state index in [1.165, 1.54) is 36.7 Å². The van der Waals surface area contributed by atoms with E-state index in [2.05, 4.69) is 5.32 Å². The van der Waals surface area contributed by atoms with E-state index in [4.69, 9.17) is 9.47 Å². The Morgan fingerprint density at radius 3 is 2.27 bits per heavy atom. The molecule has 10 nitrogen and oxygen atoms in total. The van der Waals surface area contributed by atoms with Gasteiger partial charge in [-0.05, 0) is 36.2 Å². The van der Waals surface area contributed by atoms with Crippen molar-refractivity contribution in [3.05, 3.63) is 82.4 Å². The second kappa shape index (κ2) is 11.5. The van der Waals surface area contributed by atoms with E-state index in [1.807, 2.05) is 35.2 Å². The van der Waals surface area contributed by atoms with Gasteiger partial charge in [0.2, 0.25) is 10.0 Å². The summed E-state index contributed by atoms with van der Waals surface area (Å²) in [6, 6.07) is 19.4. The van der Waals surface area contributed by atoms with Gasteiger partial charge in [0.15, 0.2) is 11.5 Å². The molecule has 1 aliphatic heterocycles. The number of ether oxygens (including phenoxy) is 2. The number of nitro groups is 1. The first-order chi connectivity index (χ1) is 17.8. The summed E-state index contributed by atoms with van der Waals surface area (Å²) in [5, 5.41) is 14.8. The van der Waals surface area contributed by atoms with Gasteiger partial charge >= 0.3 is 0 Å². The number of nitrogens with one attached hydrogen (secondary N) is 1. The van der Waals surface area contributed by atoms with Gasteiger partial charge in [0.1, 0.15) is 5.69 Å². The van der Waals surface area contributed by atoms with Crippen LogP contribution in [0.3, 0.4) is 0 Å². The normalized spacial score (nSPS) is 14.3. The lowest BCUT2D eigenvalue weighted by atomic mass is 10.1. The molecule has 0 atom stereocenters. The second-order valence-corrected chi connectivity index (χ2v) is 10.5. The molecule has 1 N–H and O–H groups in total. The summed E-state index contributed by atoms with van der Waals surface area (Å²) in [5.41, 5.74) is 2.39. The molecule has 0 amide bonds. The van der Waals surface area contributed by atoms with Crippen molar-refractivity contribution in [2.24, 2.45) is 0 Å². The molecule has 37 heavy (non-hydrogen) atoms. The lowest BCUT2D eigenvalue weighted by Gasteiger charge is -2.35. The predicted octanol–water partition coefficient (Wildman–Crippen LogP) is 3.78. The minimum absolute atomic E-state index is 0.00600. The molecule has 1 saturated heterocycles. The topological polar surface area (TPSA) is 114 Å². The number of benzene rings is 3. The maximum atomic E-state index is 13.2. The largest absolute Gasteiger partial charge is 0.493 e. The Morgan fingerprint density at radius 2 is 1.62 bits per heavy atom. The minimum Gasteiger partial charge on any atom is -0.493 e. The zero-order valence-corrected chi connectivity index (χ0v) is 21.6. The maximum Gasteiger partial charge on any atom is 0.292 e. The fourth-order valence-electron chi connectivity index (χ4n) is 4.32.